The Balaban J connectivity index is 1.93. The molecule has 0 unspecified atom stereocenters. The monoisotopic (exact) mass is 442 g/mol. The summed E-state index contributed by atoms with van der Waals surface area (Å²) < 4.78 is 25.6. The summed E-state index contributed by atoms with van der Waals surface area (Å²) in [7, 11) is -3.70. The molecule has 0 spiro atoms. The van der Waals surface area contributed by atoms with E-state index < -0.39 is 21.8 Å². The number of benzene rings is 2. The normalized spacial score (nSPS) is 16.1. The number of halogens is 2. The van der Waals surface area contributed by atoms with E-state index in [1.807, 2.05) is 0 Å². The predicted octanol–water partition coefficient (Wildman–Crippen LogP) is 3.42. The number of nitrogens with one attached hydrogen (secondary N) is 1. The highest BCUT2D eigenvalue weighted by molar-refractivity contribution is 9.10. The van der Waals surface area contributed by atoms with Crippen LogP contribution in [0.1, 0.15) is 16.8 Å². The van der Waals surface area contributed by atoms with E-state index in [0.717, 1.165) is 8.78 Å². The Labute approximate surface area is 158 Å². The number of amides is 2. The highest BCUT2D eigenvalue weighted by atomic mass is 79.9. The van der Waals surface area contributed by atoms with Crippen molar-refractivity contribution in [3.63, 3.8) is 0 Å². The largest absolute Gasteiger partial charge is 0.322 e. The van der Waals surface area contributed by atoms with E-state index in [9.17, 15) is 18.0 Å². The molecular formula is C16H12BrClN2O4S. The predicted molar refractivity (Wildman–Crippen MR) is 99.4 cm³/mol. The van der Waals surface area contributed by atoms with E-state index >= 15 is 0 Å². The third-order valence-corrected chi connectivity index (χ3v) is 6.16. The van der Waals surface area contributed by atoms with Crippen LogP contribution in [0.25, 0.3) is 0 Å². The molecule has 1 aliphatic heterocycles. The van der Waals surface area contributed by atoms with Gasteiger partial charge in [-0.25, -0.2) is 12.7 Å². The van der Waals surface area contributed by atoms with Crippen LogP contribution in [0.4, 0.5) is 11.4 Å². The van der Waals surface area contributed by atoms with Crippen LogP contribution in [0, 0.1) is 0 Å². The van der Waals surface area contributed by atoms with E-state index in [1.54, 1.807) is 24.3 Å². The van der Waals surface area contributed by atoms with E-state index in [1.165, 1.54) is 18.2 Å². The fourth-order valence-corrected chi connectivity index (χ4v) is 4.33. The molecule has 25 heavy (non-hydrogen) atoms. The smallest absolute Gasteiger partial charge is 0.257 e. The molecule has 1 N–H and O–H groups in total. The van der Waals surface area contributed by atoms with Crippen molar-refractivity contribution in [2.75, 3.05) is 15.4 Å². The lowest BCUT2D eigenvalue weighted by atomic mass is 10.1. The second-order valence-electron chi connectivity index (χ2n) is 5.35. The number of carbonyl (C=O) groups excluding carboxylic acids is 2. The van der Waals surface area contributed by atoms with Crippen LogP contribution >= 0.6 is 27.5 Å². The van der Waals surface area contributed by atoms with Crippen molar-refractivity contribution in [3.05, 3.63) is 57.5 Å². The molecule has 6 nitrogen and oxygen atoms in total. The lowest BCUT2D eigenvalue weighted by Gasteiger charge is -2.16. The van der Waals surface area contributed by atoms with Crippen molar-refractivity contribution >= 4 is 60.7 Å². The zero-order valence-electron chi connectivity index (χ0n) is 12.7. The molecule has 1 saturated heterocycles. The van der Waals surface area contributed by atoms with Gasteiger partial charge in [-0.05, 0) is 42.5 Å². The second kappa shape index (κ2) is 6.78. The minimum absolute atomic E-state index is 0.0780. The molecule has 3 rings (SSSR count). The highest BCUT2D eigenvalue weighted by Gasteiger charge is 2.36. The van der Waals surface area contributed by atoms with Crippen LogP contribution in [-0.2, 0) is 14.8 Å². The average Bonchev–Trinajstić information content (AvgIpc) is 2.83. The van der Waals surface area contributed by atoms with Gasteiger partial charge in [0.05, 0.1) is 22.0 Å². The van der Waals surface area contributed by atoms with Crippen LogP contribution in [0.3, 0.4) is 0 Å². The number of rotatable bonds is 3. The SMILES string of the molecule is O=C(Nc1ccc(Br)cc1)c1cc(N2C(=O)CCS2(=O)=O)ccc1Cl. The number of nitrogens with zero attached hydrogens (tertiary/aromatic N) is 1. The van der Waals surface area contributed by atoms with Gasteiger partial charge in [0.15, 0.2) is 0 Å². The van der Waals surface area contributed by atoms with Crippen molar-refractivity contribution in [2.24, 2.45) is 0 Å². The fourth-order valence-electron chi connectivity index (χ4n) is 2.41. The van der Waals surface area contributed by atoms with Gasteiger partial charge < -0.3 is 5.32 Å². The van der Waals surface area contributed by atoms with Gasteiger partial charge in [-0.1, -0.05) is 27.5 Å². The van der Waals surface area contributed by atoms with Crippen molar-refractivity contribution in [1.82, 2.24) is 0 Å². The van der Waals surface area contributed by atoms with Gasteiger partial charge in [-0.2, -0.15) is 0 Å². The van der Waals surface area contributed by atoms with Crippen molar-refractivity contribution < 1.29 is 18.0 Å². The van der Waals surface area contributed by atoms with Gasteiger partial charge in [0.2, 0.25) is 15.9 Å². The quantitative estimate of drug-likeness (QED) is 0.788. The molecule has 2 amide bonds. The Kier molecular flexibility index (Phi) is 4.86. The van der Waals surface area contributed by atoms with Gasteiger partial charge >= 0.3 is 0 Å². The van der Waals surface area contributed by atoms with Crippen LogP contribution in [0.5, 0.6) is 0 Å². The molecule has 1 fully saturated rings. The Morgan fingerprint density at radius 3 is 2.44 bits per heavy atom. The standard InChI is InChI=1S/C16H12BrClN2O4S/c17-10-1-3-11(4-2-10)19-16(22)13-9-12(5-6-14(13)18)20-15(21)7-8-25(20,23)24/h1-6,9H,7-8H2,(H,19,22). The maximum Gasteiger partial charge on any atom is 0.257 e. The first-order valence-electron chi connectivity index (χ1n) is 7.20. The number of anilines is 2. The van der Waals surface area contributed by atoms with Crippen LogP contribution in [0.2, 0.25) is 5.02 Å². The Bertz CT molecular complexity index is 961. The van der Waals surface area contributed by atoms with Crippen molar-refractivity contribution in [3.8, 4) is 0 Å². The topological polar surface area (TPSA) is 83.6 Å². The number of carbonyl (C=O) groups is 2. The van der Waals surface area contributed by atoms with Gasteiger partial charge in [-0.3, -0.25) is 9.59 Å². The molecule has 9 heteroatoms. The first kappa shape index (κ1) is 17.9. The molecule has 0 atom stereocenters. The summed E-state index contributed by atoms with van der Waals surface area (Å²) in [6.07, 6.45) is -0.0780. The van der Waals surface area contributed by atoms with Crippen LogP contribution in [-0.4, -0.2) is 26.0 Å². The summed E-state index contributed by atoms with van der Waals surface area (Å²) in [4.78, 5) is 24.4. The minimum Gasteiger partial charge on any atom is -0.322 e. The Morgan fingerprint density at radius 2 is 1.84 bits per heavy atom. The molecule has 2 aromatic rings. The molecule has 0 saturated carbocycles. The molecule has 1 heterocycles. The maximum absolute atomic E-state index is 12.5. The van der Waals surface area contributed by atoms with Gasteiger partial charge in [0, 0.05) is 16.6 Å². The summed E-state index contributed by atoms with van der Waals surface area (Å²) in [5.41, 5.74) is 0.740. The zero-order valence-corrected chi connectivity index (χ0v) is 15.9. The Hall–Kier alpha value is -1.90. The van der Waals surface area contributed by atoms with E-state index in [4.69, 9.17) is 11.6 Å². The molecule has 130 valence electrons. The summed E-state index contributed by atoms with van der Waals surface area (Å²) >= 11 is 9.38. The summed E-state index contributed by atoms with van der Waals surface area (Å²) in [6, 6.07) is 11.0. The Morgan fingerprint density at radius 1 is 1.16 bits per heavy atom. The second-order valence-corrected chi connectivity index (χ2v) is 8.61. The highest BCUT2D eigenvalue weighted by Crippen LogP contribution is 2.29. The zero-order chi connectivity index (χ0) is 18.2. The third kappa shape index (κ3) is 3.70. The van der Waals surface area contributed by atoms with Crippen LogP contribution < -0.4 is 9.62 Å². The fraction of sp³-hybridized carbons (Fsp3) is 0.125. The number of sulfonamides is 1. The molecule has 0 aliphatic carbocycles. The molecular weight excluding hydrogens is 432 g/mol. The molecule has 2 aromatic carbocycles. The maximum atomic E-state index is 12.5. The van der Waals surface area contributed by atoms with E-state index in [-0.39, 0.29) is 28.4 Å². The summed E-state index contributed by atoms with van der Waals surface area (Å²) in [5, 5.41) is 2.83. The van der Waals surface area contributed by atoms with E-state index in [0.29, 0.717) is 5.69 Å². The average molecular weight is 444 g/mol. The first-order valence-corrected chi connectivity index (χ1v) is 9.98. The van der Waals surface area contributed by atoms with E-state index in [2.05, 4.69) is 21.2 Å². The third-order valence-electron chi connectivity index (χ3n) is 3.61. The van der Waals surface area contributed by atoms with Gasteiger partial charge in [0.25, 0.3) is 5.91 Å². The number of hydrogen-bond donors (Lipinski definition) is 1. The van der Waals surface area contributed by atoms with Crippen molar-refractivity contribution in [2.45, 2.75) is 6.42 Å². The van der Waals surface area contributed by atoms with Crippen LogP contribution in [0.15, 0.2) is 46.9 Å². The lowest BCUT2D eigenvalue weighted by Crippen LogP contribution is -2.29. The van der Waals surface area contributed by atoms with Gasteiger partial charge in [0.1, 0.15) is 0 Å². The lowest BCUT2D eigenvalue weighted by molar-refractivity contribution is -0.116. The molecule has 1 aliphatic rings. The minimum atomic E-state index is -3.70. The first-order chi connectivity index (χ1) is 11.8. The molecule has 0 bridgehead atoms. The molecule has 0 aromatic heterocycles. The number of hydrogen-bond acceptors (Lipinski definition) is 4. The summed E-state index contributed by atoms with van der Waals surface area (Å²) in [6.45, 7) is 0. The molecule has 0 radical (unpaired) electrons. The van der Waals surface area contributed by atoms with Crippen molar-refractivity contribution in [1.29, 1.82) is 0 Å². The summed E-state index contributed by atoms with van der Waals surface area (Å²) in [5.74, 6) is -1.27. The van der Waals surface area contributed by atoms with Gasteiger partial charge in [-0.15, -0.1) is 0 Å².